The molecule has 42 heavy (non-hydrogen) atoms. The maximum atomic E-state index is 15.1. The molecule has 1 heterocycles. The summed E-state index contributed by atoms with van der Waals surface area (Å²) in [6, 6.07) is 19.6. The van der Waals surface area contributed by atoms with E-state index in [0.717, 1.165) is 28.1 Å². The van der Waals surface area contributed by atoms with E-state index in [4.69, 9.17) is 21.1 Å². The molecule has 1 aliphatic heterocycles. The van der Waals surface area contributed by atoms with Gasteiger partial charge in [0, 0.05) is 24.1 Å². The Morgan fingerprint density at radius 2 is 1.71 bits per heavy atom. The lowest BCUT2D eigenvalue weighted by Crippen LogP contribution is -2.35. The Labute approximate surface area is 247 Å². The van der Waals surface area contributed by atoms with Gasteiger partial charge >= 0.3 is 0 Å². The monoisotopic (exact) mass is 612 g/mol. The van der Waals surface area contributed by atoms with Gasteiger partial charge in [-0.3, -0.25) is 9.10 Å². The van der Waals surface area contributed by atoms with Crippen LogP contribution < -0.4 is 19.1 Å². The molecule has 4 aromatic carbocycles. The second kappa shape index (κ2) is 12.4. The largest absolute Gasteiger partial charge is 0.454 e. The number of aryl methyl sites for hydroxylation is 1. The van der Waals surface area contributed by atoms with Gasteiger partial charge in [-0.15, -0.1) is 0 Å². The molecule has 218 valence electrons. The molecule has 1 aliphatic rings. The van der Waals surface area contributed by atoms with Gasteiger partial charge in [0.05, 0.1) is 16.6 Å². The standard InChI is InChI=1S/C31H27ClF2N2O5S/c1-20(36(28-17-24(33)10-13-27(28)34)42(38,39)25-11-8-23(32)9-12-25)26-5-3-2-4-22(26)7-15-31(37)35-18-21-6-14-29-30(16-21)41-19-40-29/h2-6,8-14,16-17,20H,7,15,18-19H2,1H3,(H,35,37)/t20-/m1/s1. The van der Waals surface area contributed by atoms with Crippen molar-refractivity contribution in [2.24, 2.45) is 0 Å². The molecule has 7 nitrogen and oxygen atoms in total. The number of halogens is 3. The fraction of sp³-hybridized carbons (Fsp3) is 0.194. The van der Waals surface area contributed by atoms with Crippen molar-refractivity contribution < 1.29 is 31.5 Å². The summed E-state index contributed by atoms with van der Waals surface area (Å²) < 4.78 is 68.8. The maximum absolute atomic E-state index is 15.1. The summed E-state index contributed by atoms with van der Waals surface area (Å²) in [6.07, 6.45) is 0.403. The molecule has 5 rings (SSSR count). The van der Waals surface area contributed by atoms with Gasteiger partial charge in [0.15, 0.2) is 11.5 Å². The van der Waals surface area contributed by atoms with Gasteiger partial charge in [-0.25, -0.2) is 17.2 Å². The molecule has 0 fully saturated rings. The third-order valence-corrected chi connectivity index (χ3v) is 9.07. The number of hydrogen-bond acceptors (Lipinski definition) is 5. The molecule has 0 aromatic heterocycles. The van der Waals surface area contributed by atoms with Crippen LogP contribution in [0.3, 0.4) is 0 Å². The van der Waals surface area contributed by atoms with Gasteiger partial charge in [-0.05, 0) is 78.6 Å². The SMILES string of the molecule is C[C@H](c1ccccc1CCC(=O)NCc1ccc2c(c1)OCO2)N(c1cc(F)ccc1F)S(=O)(=O)c1ccc(Cl)cc1. The van der Waals surface area contributed by atoms with E-state index in [1.165, 1.54) is 24.3 Å². The Bertz CT molecular complexity index is 1720. The lowest BCUT2D eigenvalue weighted by molar-refractivity contribution is -0.121. The van der Waals surface area contributed by atoms with Crippen LogP contribution in [0.15, 0.2) is 89.8 Å². The highest BCUT2D eigenvalue weighted by Gasteiger charge is 2.33. The Kier molecular flexibility index (Phi) is 8.65. The summed E-state index contributed by atoms with van der Waals surface area (Å²) in [5.74, 6) is -0.626. The second-order valence-corrected chi connectivity index (χ2v) is 11.9. The van der Waals surface area contributed by atoms with Crippen molar-refractivity contribution in [1.82, 2.24) is 5.32 Å². The van der Waals surface area contributed by atoms with Gasteiger partial charge in [0.1, 0.15) is 11.6 Å². The average Bonchev–Trinajstić information content (AvgIpc) is 3.45. The van der Waals surface area contributed by atoms with Crippen molar-refractivity contribution in [2.75, 3.05) is 11.1 Å². The zero-order valence-corrected chi connectivity index (χ0v) is 24.1. The molecular weight excluding hydrogens is 586 g/mol. The first-order valence-corrected chi connectivity index (χ1v) is 14.9. The van der Waals surface area contributed by atoms with Crippen molar-refractivity contribution in [3.05, 3.63) is 118 Å². The number of anilines is 1. The summed E-state index contributed by atoms with van der Waals surface area (Å²) in [5, 5.41) is 3.20. The molecule has 1 N–H and O–H groups in total. The van der Waals surface area contributed by atoms with Crippen molar-refractivity contribution in [1.29, 1.82) is 0 Å². The Morgan fingerprint density at radius 3 is 2.50 bits per heavy atom. The van der Waals surface area contributed by atoms with Gasteiger partial charge in [-0.1, -0.05) is 41.9 Å². The van der Waals surface area contributed by atoms with Crippen LogP contribution in [0.4, 0.5) is 14.5 Å². The highest BCUT2D eigenvalue weighted by Crippen LogP contribution is 2.37. The van der Waals surface area contributed by atoms with Crippen LogP contribution in [0.1, 0.15) is 36.1 Å². The molecule has 0 bridgehead atoms. The van der Waals surface area contributed by atoms with Crippen LogP contribution in [0.25, 0.3) is 0 Å². The van der Waals surface area contributed by atoms with Crippen LogP contribution in [0, 0.1) is 11.6 Å². The first-order chi connectivity index (χ1) is 20.1. The summed E-state index contributed by atoms with van der Waals surface area (Å²) in [7, 11) is -4.38. The average molecular weight is 613 g/mol. The minimum Gasteiger partial charge on any atom is -0.454 e. The van der Waals surface area contributed by atoms with Gasteiger partial charge in [-0.2, -0.15) is 0 Å². The molecule has 0 spiro atoms. The molecule has 0 unspecified atom stereocenters. The molecule has 4 aromatic rings. The lowest BCUT2D eigenvalue weighted by atomic mass is 9.97. The number of rotatable bonds is 10. The number of amides is 1. The van der Waals surface area contributed by atoms with Crippen LogP contribution in [0.2, 0.25) is 5.02 Å². The van der Waals surface area contributed by atoms with E-state index in [-0.39, 0.29) is 30.4 Å². The van der Waals surface area contributed by atoms with Gasteiger partial charge in [0.25, 0.3) is 10.0 Å². The third-order valence-electron chi connectivity index (χ3n) is 6.92. The van der Waals surface area contributed by atoms with Gasteiger partial charge < -0.3 is 14.8 Å². The number of nitrogens with zero attached hydrogens (tertiary/aromatic N) is 1. The minimum absolute atomic E-state index is 0.118. The third kappa shape index (κ3) is 6.34. The molecular formula is C31H27ClF2N2O5S. The second-order valence-electron chi connectivity index (χ2n) is 9.69. The number of nitrogens with one attached hydrogen (secondary N) is 1. The topological polar surface area (TPSA) is 84.9 Å². The van der Waals surface area contributed by atoms with Crippen molar-refractivity contribution in [2.45, 2.75) is 37.2 Å². The lowest BCUT2D eigenvalue weighted by Gasteiger charge is -2.32. The quantitative estimate of drug-likeness (QED) is 0.219. The minimum atomic E-state index is -4.38. The predicted octanol–water partition coefficient (Wildman–Crippen LogP) is 6.55. The number of carbonyl (C=O) groups excluding carboxylic acids is 1. The van der Waals surface area contributed by atoms with Crippen LogP contribution >= 0.6 is 11.6 Å². The number of carbonyl (C=O) groups is 1. The normalized spacial score (nSPS) is 13.0. The molecule has 0 aliphatic carbocycles. The van der Waals surface area contributed by atoms with E-state index < -0.39 is 33.4 Å². The Balaban J connectivity index is 1.38. The van der Waals surface area contributed by atoms with E-state index in [1.807, 2.05) is 6.07 Å². The number of ether oxygens (including phenoxy) is 2. The van der Waals surface area contributed by atoms with E-state index in [2.05, 4.69) is 5.32 Å². The zero-order chi connectivity index (χ0) is 29.9. The van der Waals surface area contributed by atoms with E-state index in [0.29, 0.717) is 34.2 Å². The van der Waals surface area contributed by atoms with Crippen LogP contribution in [-0.4, -0.2) is 21.1 Å². The highest BCUT2D eigenvalue weighted by molar-refractivity contribution is 7.92. The van der Waals surface area contributed by atoms with Crippen LogP contribution in [-0.2, 0) is 27.8 Å². The predicted molar refractivity (Wildman–Crippen MR) is 155 cm³/mol. The number of benzene rings is 4. The molecule has 0 saturated carbocycles. The fourth-order valence-corrected chi connectivity index (χ4v) is 6.57. The first kappa shape index (κ1) is 29.3. The molecule has 1 atom stereocenters. The van der Waals surface area contributed by atoms with Crippen molar-refractivity contribution >= 4 is 33.2 Å². The number of sulfonamides is 1. The van der Waals surface area contributed by atoms with E-state index in [9.17, 15) is 17.6 Å². The van der Waals surface area contributed by atoms with E-state index >= 15 is 4.39 Å². The molecule has 1 amide bonds. The molecule has 11 heteroatoms. The zero-order valence-electron chi connectivity index (χ0n) is 22.5. The number of hydrogen-bond donors (Lipinski definition) is 1. The Hall–Kier alpha value is -4.15. The smallest absolute Gasteiger partial charge is 0.264 e. The van der Waals surface area contributed by atoms with E-state index in [1.54, 1.807) is 43.3 Å². The van der Waals surface area contributed by atoms with Crippen molar-refractivity contribution in [3.63, 3.8) is 0 Å². The van der Waals surface area contributed by atoms with Gasteiger partial charge in [0.2, 0.25) is 12.7 Å². The summed E-state index contributed by atoms with van der Waals surface area (Å²) >= 11 is 5.96. The summed E-state index contributed by atoms with van der Waals surface area (Å²) in [5.41, 5.74) is 1.65. The fourth-order valence-electron chi connectivity index (χ4n) is 4.80. The molecule has 0 radical (unpaired) electrons. The first-order valence-electron chi connectivity index (χ1n) is 13.1. The Morgan fingerprint density at radius 1 is 0.976 bits per heavy atom. The molecule has 0 saturated heterocycles. The van der Waals surface area contributed by atoms with Crippen LogP contribution in [0.5, 0.6) is 11.5 Å². The summed E-state index contributed by atoms with van der Waals surface area (Å²) in [6.45, 7) is 2.04. The maximum Gasteiger partial charge on any atom is 0.264 e. The highest BCUT2D eigenvalue weighted by atomic mass is 35.5. The summed E-state index contributed by atoms with van der Waals surface area (Å²) in [4.78, 5) is 12.6. The number of fused-ring (bicyclic) bond motifs is 1. The van der Waals surface area contributed by atoms with Crippen molar-refractivity contribution in [3.8, 4) is 11.5 Å².